The molecule has 2 aromatic carbocycles. The first-order valence-corrected chi connectivity index (χ1v) is 12.7. The number of likely N-dealkylation sites (N-methyl/N-ethyl adjacent to an activating group) is 1. The molecule has 0 unspecified atom stereocenters. The maximum Gasteiger partial charge on any atom is 0.304 e. The van der Waals surface area contributed by atoms with Crippen LogP contribution in [0.3, 0.4) is 0 Å². The van der Waals surface area contributed by atoms with Crippen LogP contribution >= 0.6 is 11.6 Å². The molecule has 0 bridgehead atoms. The second kappa shape index (κ2) is 11.7. The van der Waals surface area contributed by atoms with Crippen LogP contribution in [0.25, 0.3) is 0 Å². The van der Waals surface area contributed by atoms with Crippen LogP contribution < -0.4 is 9.62 Å². The first-order chi connectivity index (χ1) is 15.9. The summed E-state index contributed by atoms with van der Waals surface area (Å²) >= 11 is 5.99. The number of aryl methyl sites for hydroxylation is 2. The first-order valence-electron chi connectivity index (χ1n) is 11.0. The van der Waals surface area contributed by atoms with Crippen LogP contribution in [-0.4, -0.2) is 62.7 Å². The number of benzene rings is 2. The summed E-state index contributed by atoms with van der Waals surface area (Å²) in [5.74, 6) is -0.821. The van der Waals surface area contributed by atoms with Crippen molar-refractivity contribution in [2.24, 2.45) is 0 Å². The van der Waals surface area contributed by atoms with E-state index in [-0.39, 0.29) is 12.5 Å². The molecule has 8 nitrogen and oxygen atoms in total. The van der Waals surface area contributed by atoms with Gasteiger partial charge in [0, 0.05) is 32.2 Å². The summed E-state index contributed by atoms with van der Waals surface area (Å²) in [5.41, 5.74) is 2.76. The lowest BCUT2D eigenvalue weighted by atomic mass is 10.1. The Morgan fingerprint density at radius 1 is 1.06 bits per heavy atom. The Labute approximate surface area is 207 Å². The van der Waals surface area contributed by atoms with Gasteiger partial charge in [0.15, 0.2) is 0 Å². The molecule has 2 amide bonds. The van der Waals surface area contributed by atoms with Crippen LogP contribution in [-0.2, 0) is 26.3 Å². The maximum absolute atomic E-state index is 13.6. The number of rotatable bonds is 10. The summed E-state index contributed by atoms with van der Waals surface area (Å²) in [5, 5.41) is 3.28. The molecule has 10 heteroatoms. The lowest BCUT2D eigenvalue weighted by Gasteiger charge is -2.33. The van der Waals surface area contributed by atoms with Crippen molar-refractivity contribution in [2.75, 3.05) is 31.5 Å². The molecule has 34 heavy (non-hydrogen) atoms. The van der Waals surface area contributed by atoms with Crippen molar-refractivity contribution in [3.05, 3.63) is 64.2 Å². The SMILES string of the molecule is CCNC(=O)[C@H](C)N(Cc1ccc(Cl)cc1)C(=O)CN(c1cc(C)ccc1C)S(=O)(=O)N(C)C. The number of carbonyl (C=O) groups is 2. The van der Waals surface area contributed by atoms with E-state index in [0.29, 0.717) is 22.8 Å². The molecule has 186 valence electrons. The van der Waals surface area contributed by atoms with Crippen molar-refractivity contribution in [1.29, 1.82) is 0 Å². The zero-order chi connectivity index (χ0) is 25.6. The molecule has 2 aromatic rings. The van der Waals surface area contributed by atoms with E-state index in [9.17, 15) is 18.0 Å². The summed E-state index contributed by atoms with van der Waals surface area (Å²) in [7, 11) is -1.16. The van der Waals surface area contributed by atoms with Crippen LogP contribution in [0.1, 0.15) is 30.5 Å². The zero-order valence-corrected chi connectivity index (χ0v) is 22.1. The van der Waals surface area contributed by atoms with E-state index in [4.69, 9.17) is 11.6 Å². The van der Waals surface area contributed by atoms with Gasteiger partial charge in [-0.05, 0) is 62.6 Å². The van der Waals surface area contributed by atoms with E-state index in [1.807, 2.05) is 19.1 Å². The third kappa shape index (κ3) is 6.71. The maximum atomic E-state index is 13.6. The van der Waals surface area contributed by atoms with Crippen molar-refractivity contribution >= 4 is 39.3 Å². The number of hydrogen-bond acceptors (Lipinski definition) is 4. The first kappa shape index (κ1) is 27.6. The number of amides is 2. The molecule has 0 saturated heterocycles. The highest BCUT2D eigenvalue weighted by Gasteiger charge is 2.33. The summed E-state index contributed by atoms with van der Waals surface area (Å²) in [6.45, 7) is 7.15. The molecular formula is C24H33ClN4O4S. The number of halogens is 1. The normalized spacial score (nSPS) is 12.4. The van der Waals surface area contributed by atoms with Gasteiger partial charge in [0.2, 0.25) is 11.8 Å². The van der Waals surface area contributed by atoms with Crippen molar-refractivity contribution in [2.45, 2.75) is 40.3 Å². The fourth-order valence-corrected chi connectivity index (χ4v) is 4.62. The van der Waals surface area contributed by atoms with Gasteiger partial charge in [-0.25, -0.2) is 4.31 Å². The van der Waals surface area contributed by atoms with Gasteiger partial charge in [0.25, 0.3) is 0 Å². The molecule has 1 N–H and O–H groups in total. The fourth-order valence-electron chi connectivity index (χ4n) is 3.38. The van der Waals surface area contributed by atoms with Gasteiger partial charge in [-0.2, -0.15) is 12.7 Å². The highest BCUT2D eigenvalue weighted by atomic mass is 35.5. The Bertz CT molecular complexity index is 1120. The van der Waals surface area contributed by atoms with Gasteiger partial charge in [-0.3, -0.25) is 9.59 Å². The smallest absolute Gasteiger partial charge is 0.304 e. The van der Waals surface area contributed by atoms with Gasteiger partial charge >= 0.3 is 10.2 Å². The van der Waals surface area contributed by atoms with Crippen molar-refractivity contribution in [1.82, 2.24) is 14.5 Å². The molecule has 1 atom stereocenters. The van der Waals surface area contributed by atoms with E-state index < -0.39 is 28.7 Å². The number of hydrogen-bond donors (Lipinski definition) is 1. The lowest BCUT2D eigenvalue weighted by Crippen LogP contribution is -2.52. The predicted octanol–water partition coefficient (Wildman–Crippen LogP) is 3.12. The molecule has 0 aliphatic carbocycles. The molecular weight excluding hydrogens is 476 g/mol. The number of nitrogens with one attached hydrogen (secondary N) is 1. The van der Waals surface area contributed by atoms with Crippen molar-refractivity contribution in [3.8, 4) is 0 Å². The second-order valence-electron chi connectivity index (χ2n) is 8.31. The van der Waals surface area contributed by atoms with E-state index in [0.717, 1.165) is 19.7 Å². The number of carbonyl (C=O) groups excluding carboxylic acids is 2. The third-order valence-electron chi connectivity index (χ3n) is 5.44. The fraction of sp³-hybridized carbons (Fsp3) is 0.417. The topological polar surface area (TPSA) is 90.0 Å². The Kier molecular flexibility index (Phi) is 9.49. The molecule has 0 radical (unpaired) electrons. The van der Waals surface area contributed by atoms with E-state index in [1.165, 1.54) is 19.0 Å². The third-order valence-corrected chi connectivity index (χ3v) is 7.49. The summed E-state index contributed by atoms with van der Waals surface area (Å²) in [6, 6.07) is 11.6. The summed E-state index contributed by atoms with van der Waals surface area (Å²) in [6.07, 6.45) is 0. The molecule has 0 spiro atoms. The second-order valence-corrected chi connectivity index (χ2v) is 10.8. The van der Waals surface area contributed by atoms with Crippen LogP contribution in [0.4, 0.5) is 5.69 Å². The molecule has 0 saturated carbocycles. The van der Waals surface area contributed by atoms with E-state index >= 15 is 0 Å². The summed E-state index contributed by atoms with van der Waals surface area (Å²) < 4.78 is 28.6. The predicted molar refractivity (Wildman–Crippen MR) is 136 cm³/mol. The molecule has 2 rings (SSSR count). The number of nitrogens with zero attached hydrogens (tertiary/aromatic N) is 3. The van der Waals surface area contributed by atoms with Gasteiger partial charge in [-0.15, -0.1) is 0 Å². The Morgan fingerprint density at radius 2 is 1.68 bits per heavy atom. The molecule has 0 fully saturated rings. The highest BCUT2D eigenvalue weighted by molar-refractivity contribution is 7.90. The standard InChI is InChI=1S/C24H33ClN4O4S/c1-7-26-24(31)19(4)28(15-20-10-12-21(25)13-11-20)23(30)16-29(34(32,33)27(5)6)22-14-17(2)8-9-18(22)3/h8-14,19H,7,15-16H2,1-6H3,(H,26,31)/t19-/m0/s1. The quantitative estimate of drug-likeness (QED) is 0.534. The lowest BCUT2D eigenvalue weighted by molar-refractivity contribution is -0.139. The van der Waals surface area contributed by atoms with Crippen molar-refractivity contribution in [3.63, 3.8) is 0 Å². The van der Waals surface area contributed by atoms with E-state index in [2.05, 4.69) is 5.32 Å². The Balaban J connectivity index is 2.49. The van der Waals surface area contributed by atoms with Crippen LogP contribution in [0.2, 0.25) is 5.02 Å². The minimum Gasteiger partial charge on any atom is -0.355 e. The molecule has 0 aliphatic rings. The molecule has 0 heterocycles. The average Bonchev–Trinajstić information content (AvgIpc) is 2.78. The minimum absolute atomic E-state index is 0.122. The number of anilines is 1. The van der Waals surface area contributed by atoms with Crippen LogP contribution in [0, 0.1) is 13.8 Å². The van der Waals surface area contributed by atoms with Crippen molar-refractivity contribution < 1.29 is 18.0 Å². The monoisotopic (exact) mass is 508 g/mol. The average molecular weight is 509 g/mol. The van der Waals surface area contributed by atoms with Gasteiger partial charge in [-0.1, -0.05) is 35.9 Å². The molecule has 0 aromatic heterocycles. The Morgan fingerprint density at radius 3 is 2.24 bits per heavy atom. The van der Waals surface area contributed by atoms with Crippen LogP contribution in [0.15, 0.2) is 42.5 Å². The highest BCUT2D eigenvalue weighted by Crippen LogP contribution is 2.26. The molecule has 0 aliphatic heterocycles. The summed E-state index contributed by atoms with van der Waals surface area (Å²) in [4.78, 5) is 27.6. The minimum atomic E-state index is -3.99. The van der Waals surface area contributed by atoms with Gasteiger partial charge < -0.3 is 10.2 Å². The van der Waals surface area contributed by atoms with E-state index in [1.54, 1.807) is 51.1 Å². The largest absolute Gasteiger partial charge is 0.355 e. The Hall–Kier alpha value is -2.62. The van der Waals surface area contributed by atoms with Gasteiger partial charge in [0.05, 0.1) is 5.69 Å². The zero-order valence-electron chi connectivity index (χ0n) is 20.5. The van der Waals surface area contributed by atoms with Crippen LogP contribution in [0.5, 0.6) is 0 Å². The van der Waals surface area contributed by atoms with Gasteiger partial charge in [0.1, 0.15) is 12.6 Å².